The first kappa shape index (κ1) is 22.4. The first-order valence-electron chi connectivity index (χ1n) is 10.1. The van der Waals surface area contributed by atoms with E-state index in [0.29, 0.717) is 12.1 Å². The van der Waals surface area contributed by atoms with E-state index in [1.807, 2.05) is 13.0 Å². The van der Waals surface area contributed by atoms with Gasteiger partial charge in [0.2, 0.25) is 11.8 Å². The van der Waals surface area contributed by atoms with Gasteiger partial charge in [0.25, 0.3) is 5.91 Å². The number of nitrogens with zero attached hydrogens (tertiary/aromatic N) is 2. The fourth-order valence-corrected chi connectivity index (χ4v) is 3.64. The summed E-state index contributed by atoms with van der Waals surface area (Å²) in [7, 11) is 3.20. The molecule has 31 heavy (non-hydrogen) atoms. The van der Waals surface area contributed by atoms with Crippen LogP contribution in [0.25, 0.3) is 0 Å². The molecule has 0 bridgehead atoms. The lowest BCUT2D eigenvalue weighted by atomic mass is 9.92. The van der Waals surface area contributed by atoms with Crippen LogP contribution >= 0.6 is 0 Å². The first-order chi connectivity index (χ1) is 14.7. The fraction of sp³-hybridized carbons (Fsp3) is 0.348. The molecule has 0 spiro atoms. The topological polar surface area (TPSA) is 69.7 Å². The van der Waals surface area contributed by atoms with Gasteiger partial charge in [-0.05, 0) is 47.9 Å². The number of hydrogen-bond acceptors (Lipinski definition) is 3. The highest BCUT2D eigenvalue weighted by atomic mass is 19.2. The van der Waals surface area contributed by atoms with Gasteiger partial charge in [0.05, 0.1) is 0 Å². The lowest BCUT2D eigenvalue weighted by Crippen LogP contribution is -2.52. The third-order valence-electron chi connectivity index (χ3n) is 5.25. The molecule has 6 nitrogen and oxygen atoms in total. The van der Waals surface area contributed by atoms with Crippen LogP contribution in [-0.4, -0.2) is 47.7 Å². The molecule has 0 fully saturated rings. The van der Waals surface area contributed by atoms with Crippen LogP contribution in [0.4, 0.5) is 14.5 Å². The smallest absolute Gasteiger partial charge is 0.254 e. The predicted molar refractivity (Wildman–Crippen MR) is 112 cm³/mol. The number of anilines is 1. The Balaban J connectivity index is 1.95. The van der Waals surface area contributed by atoms with Gasteiger partial charge in [0, 0.05) is 44.7 Å². The van der Waals surface area contributed by atoms with Gasteiger partial charge in [-0.3, -0.25) is 14.4 Å². The van der Waals surface area contributed by atoms with Crippen molar-refractivity contribution >= 4 is 23.4 Å². The Bertz CT molecular complexity index is 1020. The van der Waals surface area contributed by atoms with Crippen molar-refractivity contribution in [3.05, 3.63) is 64.7 Å². The minimum Gasteiger partial charge on any atom is -0.347 e. The van der Waals surface area contributed by atoms with Gasteiger partial charge >= 0.3 is 0 Å². The zero-order chi connectivity index (χ0) is 22.7. The van der Waals surface area contributed by atoms with E-state index < -0.39 is 23.6 Å². The Kier molecular flexibility index (Phi) is 6.68. The number of fused-ring (bicyclic) bond motifs is 1. The van der Waals surface area contributed by atoms with Gasteiger partial charge in [0.15, 0.2) is 11.6 Å². The van der Waals surface area contributed by atoms with Crippen molar-refractivity contribution in [2.24, 2.45) is 0 Å². The Morgan fingerprint density at radius 1 is 1.06 bits per heavy atom. The summed E-state index contributed by atoms with van der Waals surface area (Å²) in [6.07, 6.45) is 1.41. The molecule has 0 unspecified atom stereocenters. The zero-order valence-corrected chi connectivity index (χ0v) is 17.7. The summed E-state index contributed by atoms with van der Waals surface area (Å²) in [6, 6.07) is 7.56. The van der Waals surface area contributed by atoms with Gasteiger partial charge in [-0.2, -0.15) is 0 Å². The van der Waals surface area contributed by atoms with Gasteiger partial charge in [0.1, 0.15) is 6.04 Å². The summed E-state index contributed by atoms with van der Waals surface area (Å²) in [5.41, 5.74) is 2.25. The average Bonchev–Trinajstić information content (AvgIpc) is 2.73. The van der Waals surface area contributed by atoms with E-state index in [9.17, 15) is 23.2 Å². The second-order valence-electron chi connectivity index (χ2n) is 7.80. The molecule has 0 aromatic heterocycles. The van der Waals surface area contributed by atoms with Gasteiger partial charge in [-0.15, -0.1) is 0 Å². The number of rotatable bonds is 5. The van der Waals surface area contributed by atoms with Crippen molar-refractivity contribution in [1.82, 2.24) is 9.80 Å². The molecule has 0 radical (unpaired) electrons. The highest BCUT2D eigenvalue weighted by Crippen LogP contribution is 2.28. The van der Waals surface area contributed by atoms with E-state index in [0.717, 1.165) is 29.7 Å². The van der Waals surface area contributed by atoms with Crippen LogP contribution in [0.15, 0.2) is 36.4 Å². The van der Waals surface area contributed by atoms with E-state index in [4.69, 9.17) is 0 Å². The van der Waals surface area contributed by atoms with Crippen molar-refractivity contribution < 1.29 is 23.2 Å². The van der Waals surface area contributed by atoms with Crippen LogP contribution in [0.1, 0.15) is 41.3 Å². The fourth-order valence-electron chi connectivity index (χ4n) is 3.64. The molecule has 1 N–H and O–H groups in total. The molecular formula is C23H25F2N3O3. The molecular weight excluding hydrogens is 404 g/mol. The maximum absolute atomic E-state index is 13.7. The van der Waals surface area contributed by atoms with Crippen LogP contribution in [-0.2, 0) is 22.6 Å². The van der Waals surface area contributed by atoms with Crippen molar-refractivity contribution in [3.63, 3.8) is 0 Å². The minimum atomic E-state index is -1.13. The summed E-state index contributed by atoms with van der Waals surface area (Å²) in [5, 5.41) is 2.83. The largest absolute Gasteiger partial charge is 0.347 e. The molecule has 0 saturated heterocycles. The molecule has 2 aromatic rings. The van der Waals surface area contributed by atoms with E-state index in [2.05, 4.69) is 5.32 Å². The van der Waals surface area contributed by atoms with Crippen molar-refractivity contribution in [3.8, 4) is 0 Å². The number of benzene rings is 2. The van der Waals surface area contributed by atoms with Crippen LogP contribution in [0.3, 0.4) is 0 Å². The van der Waals surface area contributed by atoms with Crippen molar-refractivity contribution in [2.45, 2.75) is 38.8 Å². The average molecular weight is 429 g/mol. The summed E-state index contributed by atoms with van der Waals surface area (Å²) < 4.78 is 27.0. The molecule has 3 rings (SSSR count). The maximum atomic E-state index is 13.7. The second-order valence-corrected chi connectivity index (χ2v) is 7.80. The number of nitrogens with one attached hydrogen (secondary N) is 1. The number of amides is 3. The molecule has 2 aromatic carbocycles. The van der Waals surface area contributed by atoms with E-state index in [-0.39, 0.29) is 30.3 Å². The van der Waals surface area contributed by atoms with E-state index >= 15 is 0 Å². The lowest BCUT2D eigenvalue weighted by Gasteiger charge is -2.37. The summed E-state index contributed by atoms with van der Waals surface area (Å²) in [4.78, 5) is 40.7. The molecule has 1 atom stereocenters. The molecule has 1 heterocycles. The second kappa shape index (κ2) is 9.24. The molecule has 0 aliphatic carbocycles. The highest BCUT2D eigenvalue weighted by Gasteiger charge is 2.36. The van der Waals surface area contributed by atoms with Gasteiger partial charge in [-0.25, -0.2) is 8.78 Å². The number of likely N-dealkylation sites (N-methyl/N-ethyl adjacent to an activating group) is 1. The standard InChI is InChI=1S/C23H25F2N3O3/c1-4-5-21(29)26-17-8-6-14-12-20(23(31)27(2)3)28(13-16(14)10-17)22(30)15-7-9-18(24)19(25)11-15/h6-11,20H,4-5,12-13H2,1-3H3,(H,26,29)/t20-/m0/s1. The SMILES string of the molecule is CCCC(=O)Nc1ccc2c(c1)CN(C(=O)c1ccc(F)c(F)c1)[C@H](C(=O)N(C)C)C2. The summed E-state index contributed by atoms with van der Waals surface area (Å²) in [5.74, 6) is -3.10. The van der Waals surface area contributed by atoms with E-state index in [1.165, 1.54) is 15.9 Å². The summed E-state index contributed by atoms with van der Waals surface area (Å²) >= 11 is 0. The molecule has 3 amide bonds. The van der Waals surface area contributed by atoms with Crippen LogP contribution < -0.4 is 5.32 Å². The quantitative estimate of drug-likeness (QED) is 0.793. The summed E-state index contributed by atoms with van der Waals surface area (Å²) in [6.45, 7) is 2.02. The molecule has 164 valence electrons. The number of carbonyl (C=O) groups is 3. The molecule has 1 aliphatic heterocycles. The molecule has 1 aliphatic rings. The third-order valence-corrected chi connectivity index (χ3v) is 5.25. The van der Waals surface area contributed by atoms with Gasteiger partial charge in [-0.1, -0.05) is 13.0 Å². The maximum Gasteiger partial charge on any atom is 0.254 e. The predicted octanol–water partition coefficient (Wildman–Crippen LogP) is 3.36. The first-order valence-corrected chi connectivity index (χ1v) is 10.1. The lowest BCUT2D eigenvalue weighted by molar-refractivity contribution is -0.134. The Morgan fingerprint density at radius 3 is 2.45 bits per heavy atom. The van der Waals surface area contributed by atoms with Crippen molar-refractivity contribution in [2.75, 3.05) is 19.4 Å². The monoisotopic (exact) mass is 429 g/mol. The van der Waals surface area contributed by atoms with Crippen molar-refractivity contribution in [1.29, 1.82) is 0 Å². The Labute approximate surface area is 179 Å². The van der Waals surface area contributed by atoms with Crippen LogP contribution in [0, 0.1) is 11.6 Å². The van der Waals surface area contributed by atoms with Gasteiger partial charge < -0.3 is 15.1 Å². The number of carbonyl (C=O) groups excluding carboxylic acids is 3. The van der Waals surface area contributed by atoms with Crippen LogP contribution in [0.2, 0.25) is 0 Å². The normalized spacial score (nSPS) is 15.3. The third kappa shape index (κ3) is 4.90. The highest BCUT2D eigenvalue weighted by molar-refractivity contribution is 5.98. The number of halogens is 2. The molecule has 0 saturated carbocycles. The number of hydrogen-bond donors (Lipinski definition) is 1. The minimum absolute atomic E-state index is 0.0358. The Hall–Kier alpha value is -3.29. The Morgan fingerprint density at radius 2 is 1.81 bits per heavy atom. The molecule has 8 heteroatoms. The van der Waals surface area contributed by atoms with E-state index in [1.54, 1.807) is 26.2 Å². The zero-order valence-electron chi connectivity index (χ0n) is 17.7. The van der Waals surface area contributed by atoms with Crippen LogP contribution in [0.5, 0.6) is 0 Å².